The van der Waals surface area contributed by atoms with Crippen molar-refractivity contribution in [3.8, 4) is 0 Å². The molecular weight excluding hydrogens is 364 g/mol. The molecule has 1 aromatic carbocycles. The number of urea groups is 1. The molecule has 0 radical (unpaired) electrons. The molecule has 0 saturated carbocycles. The summed E-state index contributed by atoms with van der Waals surface area (Å²) in [7, 11) is 1.51. The molecule has 10 nitrogen and oxygen atoms in total. The minimum Gasteiger partial charge on any atom is -0.377 e. The molecule has 1 aromatic heterocycles. The van der Waals surface area contributed by atoms with Crippen LogP contribution in [-0.4, -0.2) is 72.0 Å². The van der Waals surface area contributed by atoms with Crippen molar-refractivity contribution in [2.24, 2.45) is 0 Å². The van der Waals surface area contributed by atoms with Gasteiger partial charge in [-0.25, -0.2) is 9.78 Å². The van der Waals surface area contributed by atoms with Crippen LogP contribution in [0.3, 0.4) is 0 Å². The van der Waals surface area contributed by atoms with Gasteiger partial charge in [0.15, 0.2) is 0 Å². The first-order valence-corrected chi connectivity index (χ1v) is 9.10. The zero-order chi connectivity index (χ0) is 19.5. The molecule has 0 aliphatic carbocycles. The van der Waals surface area contributed by atoms with Gasteiger partial charge >= 0.3 is 6.03 Å². The number of rotatable bonds is 4. The molecule has 3 amide bonds. The van der Waals surface area contributed by atoms with Crippen LogP contribution in [0.15, 0.2) is 24.5 Å². The van der Waals surface area contributed by atoms with Gasteiger partial charge in [-0.1, -0.05) is 0 Å². The maximum Gasteiger partial charge on any atom is 0.322 e. The molecular formula is C18H22N6O4. The van der Waals surface area contributed by atoms with Gasteiger partial charge in [0.25, 0.3) is 5.91 Å². The fourth-order valence-electron chi connectivity index (χ4n) is 3.58. The van der Waals surface area contributed by atoms with E-state index < -0.39 is 0 Å². The number of nitrogens with one attached hydrogen (secondary N) is 2. The van der Waals surface area contributed by atoms with Crippen LogP contribution in [0.25, 0.3) is 0 Å². The van der Waals surface area contributed by atoms with Gasteiger partial charge in [-0.15, -0.1) is 0 Å². The number of methoxy groups -OCH3 is 1. The molecule has 0 bridgehead atoms. The molecule has 3 heterocycles. The molecule has 2 aromatic rings. The summed E-state index contributed by atoms with van der Waals surface area (Å²) in [5.41, 5.74) is 2.58. The molecule has 0 spiro atoms. The second-order valence-electron chi connectivity index (χ2n) is 6.66. The molecule has 10 heteroatoms. The van der Waals surface area contributed by atoms with Crippen molar-refractivity contribution in [2.45, 2.75) is 12.5 Å². The number of carbonyl (C=O) groups is 2. The van der Waals surface area contributed by atoms with Crippen LogP contribution >= 0.6 is 0 Å². The molecule has 2 aliphatic rings. The minimum atomic E-state index is -0.312. The topological polar surface area (TPSA) is 113 Å². The number of aromatic nitrogens is 3. The smallest absolute Gasteiger partial charge is 0.322 e. The Kier molecular flexibility index (Phi) is 5.22. The zero-order valence-electron chi connectivity index (χ0n) is 15.6. The summed E-state index contributed by atoms with van der Waals surface area (Å²) >= 11 is 0. The molecule has 1 atom stereocenters. The fraction of sp³-hybridized carbons (Fsp3) is 0.444. The van der Waals surface area contributed by atoms with Crippen molar-refractivity contribution in [2.75, 3.05) is 50.2 Å². The number of fused-ring (bicyclic) bond motifs is 1. The van der Waals surface area contributed by atoms with E-state index in [2.05, 4.69) is 20.5 Å². The van der Waals surface area contributed by atoms with Crippen LogP contribution in [0.2, 0.25) is 0 Å². The summed E-state index contributed by atoms with van der Waals surface area (Å²) in [5, 5.41) is 9.61. The predicted molar refractivity (Wildman–Crippen MR) is 100 cm³/mol. The second-order valence-corrected chi connectivity index (χ2v) is 6.66. The van der Waals surface area contributed by atoms with E-state index in [1.54, 1.807) is 15.9 Å². The molecule has 2 N–H and O–H groups in total. The highest BCUT2D eigenvalue weighted by Gasteiger charge is 2.31. The van der Waals surface area contributed by atoms with Crippen LogP contribution < -0.4 is 10.2 Å². The molecule has 2 aliphatic heterocycles. The van der Waals surface area contributed by atoms with Gasteiger partial charge in [0, 0.05) is 31.6 Å². The third-order valence-electron chi connectivity index (χ3n) is 4.93. The number of amides is 3. The first kappa shape index (κ1) is 18.4. The normalized spacial score (nSPS) is 18.8. The Hall–Kier alpha value is -2.98. The van der Waals surface area contributed by atoms with Gasteiger partial charge in [-0.3, -0.25) is 9.89 Å². The van der Waals surface area contributed by atoms with E-state index in [0.717, 1.165) is 17.7 Å². The summed E-state index contributed by atoms with van der Waals surface area (Å²) in [6.45, 7) is 1.97. The van der Waals surface area contributed by atoms with Crippen molar-refractivity contribution in [1.82, 2.24) is 20.1 Å². The average Bonchev–Trinajstić information content (AvgIpc) is 3.38. The van der Waals surface area contributed by atoms with Gasteiger partial charge in [0.05, 0.1) is 13.2 Å². The van der Waals surface area contributed by atoms with E-state index in [1.165, 1.54) is 13.4 Å². The van der Waals surface area contributed by atoms with Gasteiger partial charge in [-0.05, 0) is 30.2 Å². The Morgan fingerprint density at radius 1 is 1.39 bits per heavy atom. The maximum absolute atomic E-state index is 12.8. The molecule has 4 rings (SSSR count). The van der Waals surface area contributed by atoms with E-state index in [9.17, 15) is 9.59 Å². The number of H-pyrrole nitrogens is 1. The van der Waals surface area contributed by atoms with Crippen molar-refractivity contribution in [1.29, 1.82) is 0 Å². The highest BCUT2D eigenvalue weighted by molar-refractivity contribution is 5.97. The maximum atomic E-state index is 12.8. The molecule has 28 heavy (non-hydrogen) atoms. The van der Waals surface area contributed by atoms with Gasteiger partial charge in [0.1, 0.15) is 24.8 Å². The lowest BCUT2D eigenvalue weighted by Gasteiger charge is -2.34. The zero-order valence-corrected chi connectivity index (χ0v) is 15.6. The summed E-state index contributed by atoms with van der Waals surface area (Å²) in [5.74, 6) is 0.525. The number of benzene rings is 1. The molecule has 1 saturated heterocycles. The highest BCUT2D eigenvalue weighted by Crippen LogP contribution is 2.31. The lowest BCUT2D eigenvalue weighted by Crippen LogP contribution is -2.45. The number of hydrogen-bond acceptors (Lipinski definition) is 6. The molecule has 1 unspecified atom stereocenters. The van der Waals surface area contributed by atoms with Crippen molar-refractivity contribution in [3.05, 3.63) is 35.9 Å². The summed E-state index contributed by atoms with van der Waals surface area (Å²) < 4.78 is 10.4. The van der Waals surface area contributed by atoms with E-state index in [4.69, 9.17) is 9.47 Å². The number of carbonyl (C=O) groups excluding carboxylic acids is 2. The number of aromatic amines is 1. The number of morpholine rings is 1. The highest BCUT2D eigenvalue weighted by atomic mass is 16.5. The monoisotopic (exact) mass is 386 g/mol. The standard InChI is InChI=1S/C18H22N6O4/c1-27-10-16(25)23-5-4-12-8-13(2-3-14(12)23)21-18(26)24-6-7-28-9-15(24)17-19-11-20-22-17/h2-3,8,11,15H,4-7,9-10H2,1H3,(H,21,26)(H,19,20,22). The first-order chi connectivity index (χ1) is 13.7. The van der Waals surface area contributed by atoms with Gasteiger partial charge in [0.2, 0.25) is 0 Å². The largest absolute Gasteiger partial charge is 0.377 e. The number of ether oxygens (including phenoxy) is 2. The Morgan fingerprint density at radius 3 is 3.07 bits per heavy atom. The van der Waals surface area contributed by atoms with Gasteiger partial charge in [-0.2, -0.15) is 5.10 Å². The number of anilines is 2. The third kappa shape index (κ3) is 3.56. The van der Waals surface area contributed by atoms with Crippen molar-refractivity contribution >= 4 is 23.3 Å². The van der Waals surface area contributed by atoms with E-state index >= 15 is 0 Å². The SMILES string of the molecule is COCC(=O)N1CCc2cc(NC(=O)N3CCOCC3c3ncn[nH]3)ccc21. The Balaban J connectivity index is 1.47. The summed E-state index contributed by atoms with van der Waals surface area (Å²) in [6, 6.07) is 5.04. The van der Waals surface area contributed by atoms with Crippen molar-refractivity contribution < 1.29 is 19.1 Å². The number of nitrogens with zero attached hydrogens (tertiary/aromatic N) is 4. The van der Waals surface area contributed by atoms with E-state index in [1.807, 2.05) is 12.1 Å². The molecule has 1 fully saturated rings. The van der Waals surface area contributed by atoms with E-state index in [0.29, 0.717) is 37.8 Å². The Bertz CT molecular complexity index is 856. The first-order valence-electron chi connectivity index (χ1n) is 9.10. The third-order valence-corrected chi connectivity index (χ3v) is 4.93. The van der Waals surface area contributed by atoms with Crippen LogP contribution in [-0.2, 0) is 20.7 Å². The van der Waals surface area contributed by atoms with Gasteiger partial charge < -0.3 is 24.6 Å². The number of hydrogen-bond donors (Lipinski definition) is 2. The van der Waals surface area contributed by atoms with Crippen LogP contribution in [0, 0.1) is 0 Å². The van der Waals surface area contributed by atoms with Crippen molar-refractivity contribution in [3.63, 3.8) is 0 Å². The predicted octanol–water partition coefficient (Wildman–Crippen LogP) is 0.946. The van der Waals surface area contributed by atoms with Crippen LogP contribution in [0.4, 0.5) is 16.2 Å². The van der Waals surface area contributed by atoms with E-state index in [-0.39, 0.29) is 24.6 Å². The Morgan fingerprint density at radius 2 is 2.29 bits per heavy atom. The fourth-order valence-corrected chi connectivity index (χ4v) is 3.58. The quantitative estimate of drug-likeness (QED) is 0.809. The minimum absolute atomic E-state index is 0.0536. The second kappa shape index (κ2) is 7.95. The summed E-state index contributed by atoms with van der Waals surface area (Å²) in [6.07, 6.45) is 2.16. The van der Waals surface area contributed by atoms with Crippen LogP contribution in [0.5, 0.6) is 0 Å². The lowest BCUT2D eigenvalue weighted by atomic mass is 10.1. The lowest BCUT2D eigenvalue weighted by molar-refractivity contribution is -0.122. The average molecular weight is 386 g/mol. The molecule has 148 valence electrons. The summed E-state index contributed by atoms with van der Waals surface area (Å²) in [4.78, 5) is 32.5. The van der Waals surface area contributed by atoms with Crippen LogP contribution in [0.1, 0.15) is 17.4 Å². The Labute approximate surface area is 161 Å².